The highest BCUT2D eigenvalue weighted by Gasteiger charge is 2.40. The quantitative estimate of drug-likeness (QED) is 0.401. The summed E-state index contributed by atoms with van der Waals surface area (Å²) >= 11 is 0. The van der Waals surface area contributed by atoms with E-state index in [2.05, 4.69) is 98.8 Å². The summed E-state index contributed by atoms with van der Waals surface area (Å²) < 4.78 is 6.44. The molecule has 0 saturated heterocycles. The molecule has 1 aliphatic rings. The highest BCUT2D eigenvalue weighted by atomic mass is 16.5. The molecule has 138 valence electrons. The standard InChI is InChI=1S/C27H24O/c1-19-7-5-10-22(15-19)27(23-11-6-8-20(2)16-23)17-25-24-12-4-3-9-21(24)13-14-26(25)28-18-27/h3-16H,17-18H2,1-2H3. The van der Waals surface area contributed by atoms with Gasteiger partial charge in [-0.05, 0) is 48.2 Å². The van der Waals surface area contributed by atoms with Crippen LogP contribution in [0, 0.1) is 13.8 Å². The van der Waals surface area contributed by atoms with Gasteiger partial charge < -0.3 is 4.74 Å². The number of hydrogen-bond donors (Lipinski definition) is 0. The number of hydrogen-bond acceptors (Lipinski definition) is 1. The zero-order valence-electron chi connectivity index (χ0n) is 16.4. The minimum absolute atomic E-state index is 0.185. The fraction of sp³-hybridized carbons (Fsp3) is 0.185. The van der Waals surface area contributed by atoms with Gasteiger partial charge in [-0.15, -0.1) is 0 Å². The lowest BCUT2D eigenvalue weighted by atomic mass is 9.69. The molecule has 4 aromatic rings. The minimum atomic E-state index is -0.185. The van der Waals surface area contributed by atoms with Gasteiger partial charge in [0, 0.05) is 5.56 Å². The molecule has 4 aromatic carbocycles. The normalized spacial score (nSPS) is 15.1. The molecule has 0 spiro atoms. The predicted octanol–water partition coefficient (Wildman–Crippen LogP) is 6.38. The Kier molecular flexibility index (Phi) is 3.98. The summed E-state index contributed by atoms with van der Waals surface area (Å²) in [5.74, 6) is 1.02. The third-order valence-electron chi connectivity index (χ3n) is 6.09. The van der Waals surface area contributed by atoms with E-state index >= 15 is 0 Å². The van der Waals surface area contributed by atoms with Crippen molar-refractivity contribution >= 4 is 10.8 Å². The fourth-order valence-corrected chi connectivity index (χ4v) is 4.61. The minimum Gasteiger partial charge on any atom is -0.492 e. The second-order valence-electron chi connectivity index (χ2n) is 8.05. The molecule has 0 N–H and O–H groups in total. The van der Waals surface area contributed by atoms with Gasteiger partial charge in [0.05, 0.1) is 5.41 Å². The molecule has 1 heteroatoms. The summed E-state index contributed by atoms with van der Waals surface area (Å²) in [6.45, 7) is 4.99. The van der Waals surface area contributed by atoms with Crippen LogP contribution in [0.5, 0.6) is 5.75 Å². The Labute approximate surface area is 166 Å². The van der Waals surface area contributed by atoms with Crippen molar-refractivity contribution in [2.45, 2.75) is 25.7 Å². The Hall–Kier alpha value is -3.06. The van der Waals surface area contributed by atoms with Crippen LogP contribution in [0.3, 0.4) is 0 Å². The lowest BCUT2D eigenvalue weighted by Crippen LogP contribution is -2.40. The molecular formula is C27H24O. The number of ether oxygens (including phenoxy) is 1. The highest BCUT2D eigenvalue weighted by Crippen LogP contribution is 2.44. The van der Waals surface area contributed by atoms with Gasteiger partial charge >= 0.3 is 0 Å². The number of benzene rings is 4. The van der Waals surface area contributed by atoms with Crippen LogP contribution in [-0.4, -0.2) is 6.61 Å². The van der Waals surface area contributed by atoms with Gasteiger partial charge in [-0.3, -0.25) is 0 Å². The van der Waals surface area contributed by atoms with E-state index in [1.807, 2.05) is 0 Å². The molecule has 0 unspecified atom stereocenters. The zero-order chi connectivity index (χ0) is 19.1. The average Bonchev–Trinajstić information content (AvgIpc) is 2.73. The van der Waals surface area contributed by atoms with Crippen LogP contribution in [0.15, 0.2) is 84.9 Å². The highest BCUT2D eigenvalue weighted by molar-refractivity contribution is 5.88. The van der Waals surface area contributed by atoms with Gasteiger partial charge in [0.2, 0.25) is 0 Å². The monoisotopic (exact) mass is 364 g/mol. The molecule has 5 rings (SSSR count). The van der Waals surface area contributed by atoms with Crippen LogP contribution in [0.25, 0.3) is 10.8 Å². The molecule has 0 aromatic heterocycles. The number of aryl methyl sites for hydroxylation is 2. The zero-order valence-corrected chi connectivity index (χ0v) is 16.4. The lowest BCUT2D eigenvalue weighted by Gasteiger charge is -2.40. The molecule has 1 aliphatic heterocycles. The molecular weight excluding hydrogens is 340 g/mol. The van der Waals surface area contributed by atoms with Crippen LogP contribution >= 0.6 is 0 Å². The Bertz CT molecular complexity index is 1130. The van der Waals surface area contributed by atoms with E-state index in [-0.39, 0.29) is 5.41 Å². The van der Waals surface area contributed by atoms with Gasteiger partial charge in [-0.2, -0.15) is 0 Å². The number of rotatable bonds is 2. The second-order valence-corrected chi connectivity index (χ2v) is 8.05. The van der Waals surface area contributed by atoms with Gasteiger partial charge in [0.1, 0.15) is 12.4 Å². The van der Waals surface area contributed by atoms with Crippen molar-refractivity contribution in [3.63, 3.8) is 0 Å². The van der Waals surface area contributed by atoms with Crippen LogP contribution < -0.4 is 4.74 Å². The number of fused-ring (bicyclic) bond motifs is 3. The van der Waals surface area contributed by atoms with Crippen LogP contribution in [0.1, 0.15) is 27.8 Å². The molecule has 0 atom stereocenters. The summed E-state index contributed by atoms with van der Waals surface area (Å²) in [7, 11) is 0. The fourth-order valence-electron chi connectivity index (χ4n) is 4.61. The topological polar surface area (TPSA) is 9.23 Å². The Balaban J connectivity index is 1.76. The smallest absolute Gasteiger partial charge is 0.123 e. The van der Waals surface area contributed by atoms with E-state index in [0.717, 1.165) is 12.2 Å². The third-order valence-corrected chi connectivity index (χ3v) is 6.09. The molecule has 0 saturated carbocycles. The third kappa shape index (κ3) is 2.70. The first-order valence-electron chi connectivity index (χ1n) is 9.93. The van der Waals surface area contributed by atoms with Crippen molar-refractivity contribution in [3.05, 3.63) is 113 Å². The van der Waals surface area contributed by atoms with E-state index in [4.69, 9.17) is 4.74 Å². The van der Waals surface area contributed by atoms with E-state index in [9.17, 15) is 0 Å². The Morgan fingerprint density at radius 1 is 0.714 bits per heavy atom. The lowest BCUT2D eigenvalue weighted by molar-refractivity contribution is 0.216. The van der Waals surface area contributed by atoms with Crippen LogP contribution in [0.4, 0.5) is 0 Å². The van der Waals surface area contributed by atoms with Crippen molar-refractivity contribution < 1.29 is 4.74 Å². The largest absolute Gasteiger partial charge is 0.492 e. The first-order chi connectivity index (χ1) is 13.7. The van der Waals surface area contributed by atoms with E-state index in [1.165, 1.54) is 38.6 Å². The maximum Gasteiger partial charge on any atom is 0.123 e. The first-order valence-corrected chi connectivity index (χ1v) is 9.93. The van der Waals surface area contributed by atoms with Crippen molar-refractivity contribution in [2.24, 2.45) is 0 Å². The van der Waals surface area contributed by atoms with Crippen LogP contribution in [0.2, 0.25) is 0 Å². The van der Waals surface area contributed by atoms with Crippen molar-refractivity contribution in [1.82, 2.24) is 0 Å². The summed E-state index contributed by atoms with van der Waals surface area (Å²) in [6.07, 6.45) is 0.941. The molecule has 0 amide bonds. The summed E-state index contributed by atoms with van der Waals surface area (Å²) in [5, 5.41) is 2.57. The molecule has 0 fully saturated rings. The van der Waals surface area contributed by atoms with E-state index in [1.54, 1.807) is 0 Å². The van der Waals surface area contributed by atoms with Crippen molar-refractivity contribution in [2.75, 3.05) is 6.61 Å². The van der Waals surface area contributed by atoms with Crippen LogP contribution in [-0.2, 0) is 11.8 Å². The molecule has 28 heavy (non-hydrogen) atoms. The van der Waals surface area contributed by atoms with Gasteiger partial charge in [-0.25, -0.2) is 0 Å². The van der Waals surface area contributed by atoms with E-state index in [0.29, 0.717) is 6.61 Å². The molecule has 0 bridgehead atoms. The van der Waals surface area contributed by atoms with Gasteiger partial charge in [-0.1, -0.05) is 90.0 Å². The first kappa shape index (κ1) is 17.1. The van der Waals surface area contributed by atoms with Gasteiger partial charge in [0.25, 0.3) is 0 Å². The maximum atomic E-state index is 6.44. The summed E-state index contributed by atoms with van der Waals surface area (Å²) in [6, 6.07) is 30.8. The van der Waals surface area contributed by atoms with E-state index < -0.39 is 0 Å². The molecule has 0 aliphatic carbocycles. The van der Waals surface area contributed by atoms with Gasteiger partial charge in [0.15, 0.2) is 0 Å². The second kappa shape index (κ2) is 6.53. The molecule has 0 radical (unpaired) electrons. The summed E-state index contributed by atoms with van der Waals surface area (Å²) in [4.78, 5) is 0. The average molecular weight is 364 g/mol. The molecule has 1 nitrogen and oxygen atoms in total. The maximum absolute atomic E-state index is 6.44. The Morgan fingerprint density at radius 3 is 2.07 bits per heavy atom. The molecule has 1 heterocycles. The van der Waals surface area contributed by atoms with Crippen molar-refractivity contribution in [3.8, 4) is 5.75 Å². The van der Waals surface area contributed by atoms with Crippen molar-refractivity contribution in [1.29, 1.82) is 0 Å². The predicted molar refractivity (Wildman–Crippen MR) is 116 cm³/mol. The Morgan fingerprint density at radius 2 is 1.39 bits per heavy atom. The summed E-state index contributed by atoms with van der Waals surface area (Å²) in [5.41, 5.74) is 6.36. The SMILES string of the molecule is Cc1cccc(C2(c3cccc(C)c3)COc3ccc4ccccc4c3C2)c1.